The van der Waals surface area contributed by atoms with Crippen LogP contribution in [0.4, 0.5) is 5.69 Å². The lowest BCUT2D eigenvalue weighted by Crippen LogP contribution is -2.45. The van der Waals surface area contributed by atoms with Gasteiger partial charge in [0.05, 0.1) is 6.04 Å². The maximum atomic E-state index is 12.0. The SMILES string of the molecule is Cc1cccc(NC(=O)[C@@H](N)C(C)(C)C)c1C. The summed E-state index contributed by atoms with van der Waals surface area (Å²) in [7, 11) is 0. The van der Waals surface area contributed by atoms with Gasteiger partial charge in [0, 0.05) is 5.69 Å². The zero-order valence-corrected chi connectivity index (χ0v) is 11.3. The zero-order chi connectivity index (χ0) is 13.2. The molecule has 3 nitrogen and oxygen atoms in total. The molecule has 1 rings (SSSR count). The molecule has 0 saturated carbocycles. The first kappa shape index (κ1) is 13.7. The fourth-order valence-electron chi connectivity index (χ4n) is 1.49. The van der Waals surface area contributed by atoms with Crippen LogP contribution in [0, 0.1) is 19.3 Å². The van der Waals surface area contributed by atoms with Crippen LogP contribution in [0.5, 0.6) is 0 Å². The maximum absolute atomic E-state index is 12.0. The molecule has 1 amide bonds. The Hall–Kier alpha value is -1.35. The van der Waals surface area contributed by atoms with E-state index >= 15 is 0 Å². The average molecular weight is 234 g/mol. The third-order valence-electron chi connectivity index (χ3n) is 3.08. The van der Waals surface area contributed by atoms with Crippen LogP contribution in [0.3, 0.4) is 0 Å². The van der Waals surface area contributed by atoms with E-state index < -0.39 is 6.04 Å². The van der Waals surface area contributed by atoms with Crippen LogP contribution in [-0.2, 0) is 4.79 Å². The molecule has 0 aliphatic rings. The van der Waals surface area contributed by atoms with Crippen LogP contribution in [0.2, 0.25) is 0 Å². The van der Waals surface area contributed by atoms with Gasteiger partial charge in [-0.2, -0.15) is 0 Å². The molecule has 0 aromatic heterocycles. The van der Waals surface area contributed by atoms with E-state index in [1.807, 2.05) is 52.8 Å². The minimum atomic E-state index is -0.512. The van der Waals surface area contributed by atoms with Gasteiger partial charge >= 0.3 is 0 Å². The van der Waals surface area contributed by atoms with Gasteiger partial charge in [0.2, 0.25) is 5.91 Å². The number of anilines is 1. The largest absolute Gasteiger partial charge is 0.324 e. The Morgan fingerprint density at radius 2 is 1.88 bits per heavy atom. The van der Waals surface area contributed by atoms with Gasteiger partial charge in [-0.15, -0.1) is 0 Å². The predicted octanol–water partition coefficient (Wildman–Crippen LogP) is 2.62. The van der Waals surface area contributed by atoms with Crippen molar-refractivity contribution in [2.24, 2.45) is 11.1 Å². The highest BCUT2D eigenvalue weighted by molar-refractivity contribution is 5.95. The molecule has 17 heavy (non-hydrogen) atoms. The number of carbonyl (C=O) groups excluding carboxylic acids is 1. The Morgan fingerprint density at radius 3 is 2.41 bits per heavy atom. The molecule has 0 radical (unpaired) electrons. The molecule has 0 aliphatic heterocycles. The number of carbonyl (C=O) groups is 1. The summed E-state index contributed by atoms with van der Waals surface area (Å²) in [6.07, 6.45) is 0. The van der Waals surface area contributed by atoms with Crippen LogP contribution >= 0.6 is 0 Å². The fraction of sp³-hybridized carbons (Fsp3) is 0.500. The van der Waals surface area contributed by atoms with E-state index in [9.17, 15) is 4.79 Å². The van der Waals surface area contributed by atoms with Gasteiger partial charge in [-0.25, -0.2) is 0 Å². The molecular weight excluding hydrogens is 212 g/mol. The average Bonchev–Trinajstić information content (AvgIpc) is 2.22. The van der Waals surface area contributed by atoms with Gasteiger partial charge < -0.3 is 11.1 Å². The van der Waals surface area contributed by atoms with Crippen molar-refractivity contribution >= 4 is 11.6 Å². The summed E-state index contributed by atoms with van der Waals surface area (Å²) in [4.78, 5) is 12.0. The molecule has 0 spiro atoms. The van der Waals surface area contributed by atoms with E-state index in [4.69, 9.17) is 5.73 Å². The van der Waals surface area contributed by atoms with Gasteiger partial charge in [0.25, 0.3) is 0 Å². The number of benzene rings is 1. The Bertz CT molecular complexity index is 419. The summed E-state index contributed by atoms with van der Waals surface area (Å²) in [5.74, 6) is -0.133. The van der Waals surface area contributed by atoms with Crippen LogP contribution in [-0.4, -0.2) is 11.9 Å². The number of amides is 1. The molecule has 0 unspecified atom stereocenters. The van der Waals surface area contributed by atoms with E-state index in [0.717, 1.165) is 16.8 Å². The van der Waals surface area contributed by atoms with E-state index in [-0.39, 0.29) is 11.3 Å². The Labute approximate surface area is 103 Å². The number of nitrogens with one attached hydrogen (secondary N) is 1. The van der Waals surface area contributed by atoms with Crippen molar-refractivity contribution in [3.05, 3.63) is 29.3 Å². The molecule has 1 atom stereocenters. The molecule has 3 heteroatoms. The van der Waals surface area contributed by atoms with Crippen molar-refractivity contribution in [2.75, 3.05) is 5.32 Å². The van der Waals surface area contributed by atoms with Crippen LogP contribution in [0.25, 0.3) is 0 Å². The lowest BCUT2D eigenvalue weighted by atomic mass is 9.87. The van der Waals surface area contributed by atoms with Crippen molar-refractivity contribution in [3.63, 3.8) is 0 Å². The van der Waals surface area contributed by atoms with Gasteiger partial charge in [0.1, 0.15) is 0 Å². The zero-order valence-electron chi connectivity index (χ0n) is 11.3. The highest BCUT2D eigenvalue weighted by Gasteiger charge is 2.27. The molecule has 0 bridgehead atoms. The molecule has 1 aromatic carbocycles. The summed E-state index contributed by atoms with van der Waals surface area (Å²) in [5, 5.41) is 2.89. The van der Waals surface area contributed by atoms with Crippen molar-refractivity contribution in [1.29, 1.82) is 0 Å². The normalized spacial score (nSPS) is 13.3. The highest BCUT2D eigenvalue weighted by Crippen LogP contribution is 2.21. The topological polar surface area (TPSA) is 55.1 Å². The van der Waals surface area contributed by atoms with E-state index in [2.05, 4.69) is 5.32 Å². The number of hydrogen-bond donors (Lipinski definition) is 2. The summed E-state index contributed by atoms with van der Waals surface area (Å²) in [5.41, 5.74) is 8.77. The second-order valence-corrected chi connectivity index (χ2v) is 5.58. The molecule has 0 fully saturated rings. The summed E-state index contributed by atoms with van der Waals surface area (Å²) in [6, 6.07) is 5.34. The quantitative estimate of drug-likeness (QED) is 0.826. The van der Waals surface area contributed by atoms with Crippen LogP contribution in [0.1, 0.15) is 31.9 Å². The second kappa shape index (κ2) is 4.88. The monoisotopic (exact) mass is 234 g/mol. The van der Waals surface area contributed by atoms with Crippen molar-refractivity contribution in [1.82, 2.24) is 0 Å². The Balaban J connectivity index is 2.86. The van der Waals surface area contributed by atoms with Crippen molar-refractivity contribution in [3.8, 4) is 0 Å². The molecule has 3 N–H and O–H groups in total. The molecule has 1 aromatic rings. The Morgan fingerprint density at radius 1 is 1.29 bits per heavy atom. The summed E-state index contributed by atoms with van der Waals surface area (Å²) >= 11 is 0. The smallest absolute Gasteiger partial charge is 0.241 e. The molecule has 94 valence electrons. The minimum absolute atomic E-state index is 0.133. The molecule has 0 heterocycles. The van der Waals surface area contributed by atoms with Gasteiger partial charge in [-0.1, -0.05) is 32.9 Å². The number of nitrogens with two attached hydrogens (primary N) is 1. The minimum Gasteiger partial charge on any atom is -0.324 e. The second-order valence-electron chi connectivity index (χ2n) is 5.58. The molecular formula is C14H22N2O. The summed E-state index contributed by atoms with van der Waals surface area (Å²) in [6.45, 7) is 9.89. The third-order valence-corrected chi connectivity index (χ3v) is 3.08. The first-order chi connectivity index (χ1) is 7.73. The fourth-order valence-corrected chi connectivity index (χ4v) is 1.49. The number of hydrogen-bond acceptors (Lipinski definition) is 2. The third kappa shape index (κ3) is 3.30. The number of aryl methyl sites for hydroxylation is 1. The van der Waals surface area contributed by atoms with E-state index in [0.29, 0.717) is 0 Å². The Kier molecular flexibility index (Phi) is 3.94. The van der Waals surface area contributed by atoms with Crippen LogP contribution in [0.15, 0.2) is 18.2 Å². The van der Waals surface area contributed by atoms with Gasteiger partial charge in [-0.3, -0.25) is 4.79 Å². The number of rotatable bonds is 2. The lowest BCUT2D eigenvalue weighted by Gasteiger charge is -2.26. The van der Waals surface area contributed by atoms with Gasteiger partial charge in [0.15, 0.2) is 0 Å². The molecule has 0 saturated heterocycles. The standard InChI is InChI=1S/C14H22N2O/c1-9-7-6-8-11(10(9)2)16-13(17)12(15)14(3,4)5/h6-8,12H,15H2,1-5H3,(H,16,17)/t12-/m1/s1. The first-order valence-corrected chi connectivity index (χ1v) is 5.86. The van der Waals surface area contributed by atoms with E-state index in [1.54, 1.807) is 0 Å². The van der Waals surface area contributed by atoms with Crippen molar-refractivity contribution in [2.45, 2.75) is 40.7 Å². The molecule has 0 aliphatic carbocycles. The van der Waals surface area contributed by atoms with E-state index in [1.165, 1.54) is 0 Å². The van der Waals surface area contributed by atoms with Crippen LogP contribution < -0.4 is 11.1 Å². The van der Waals surface area contributed by atoms with Crippen molar-refractivity contribution < 1.29 is 4.79 Å². The summed E-state index contributed by atoms with van der Waals surface area (Å²) < 4.78 is 0. The maximum Gasteiger partial charge on any atom is 0.241 e. The van der Waals surface area contributed by atoms with Gasteiger partial charge in [-0.05, 0) is 36.5 Å². The predicted molar refractivity (Wildman–Crippen MR) is 72.0 cm³/mol. The first-order valence-electron chi connectivity index (χ1n) is 5.86. The lowest BCUT2D eigenvalue weighted by molar-refractivity contribution is -0.119. The highest BCUT2D eigenvalue weighted by atomic mass is 16.2.